The Hall–Kier alpha value is -2.31. The second kappa shape index (κ2) is 7.51. The molecule has 0 amide bonds. The third-order valence-corrected chi connectivity index (χ3v) is 5.99. The average Bonchev–Trinajstić information content (AvgIpc) is 2.65. The van der Waals surface area contributed by atoms with Crippen LogP contribution in [0.1, 0.15) is 16.6 Å². The van der Waals surface area contributed by atoms with E-state index >= 15 is 0 Å². The molecule has 3 aromatic rings. The summed E-state index contributed by atoms with van der Waals surface area (Å²) in [7, 11) is -3.66. The van der Waals surface area contributed by atoms with Gasteiger partial charge in [0.05, 0.1) is 20.9 Å². The highest BCUT2D eigenvalue weighted by Crippen LogP contribution is 2.27. The van der Waals surface area contributed by atoms with Gasteiger partial charge in [0.25, 0.3) is 0 Å². The van der Waals surface area contributed by atoms with Crippen LogP contribution >= 0.6 is 11.6 Å². The molecule has 0 aliphatic heterocycles. The zero-order chi connectivity index (χ0) is 18.7. The van der Waals surface area contributed by atoms with Crippen molar-refractivity contribution in [2.45, 2.75) is 21.6 Å². The van der Waals surface area contributed by atoms with E-state index in [1.54, 1.807) is 18.2 Å². The van der Waals surface area contributed by atoms with Crippen LogP contribution in [-0.2, 0) is 16.3 Å². The van der Waals surface area contributed by atoms with Crippen LogP contribution in [0.3, 0.4) is 0 Å². The Balaban J connectivity index is 1.81. The molecular formula is C19H14ClF2NO2S. The minimum atomic E-state index is -3.66. The van der Waals surface area contributed by atoms with Crippen molar-refractivity contribution in [2.24, 2.45) is 0 Å². The van der Waals surface area contributed by atoms with E-state index in [4.69, 9.17) is 11.6 Å². The van der Waals surface area contributed by atoms with Crippen molar-refractivity contribution in [3.05, 3.63) is 89.8 Å². The van der Waals surface area contributed by atoms with Crippen LogP contribution in [0.15, 0.2) is 76.7 Å². The molecule has 26 heavy (non-hydrogen) atoms. The van der Waals surface area contributed by atoms with Crippen LogP contribution in [0.5, 0.6) is 0 Å². The first-order chi connectivity index (χ1) is 12.4. The number of sulfone groups is 1. The predicted molar refractivity (Wildman–Crippen MR) is 94.8 cm³/mol. The van der Waals surface area contributed by atoms with Gasteiger partial charge in [0.15, 0.2) is 0 Å². The van der Waals surface area contributed by atoms with Gasteiger partial charge in [0, 0.05) is 12.3 Å². The normalized spacial score (nSPS) is 12.7. The number of alkyl halides is 1. The second-order valence-corrected chi connectivity index (χ2v) is 8.12. The zero-order valence-electron chi connectivity index (χ0n) is 13.4. The van der Waals surface area contributed by atoms with Crippen molar-refractivity contribution >= 4 is 21.4 Å². The lowest BCUT2D eigenvalue weighted by molar-refractivity contribution is 0.570. The number of benzene rings is 2. The lowest BCUT2D eigenvalue weighted by atomic mass is 10.1. The molecule has 0 radical (unpaired) electrons. The smallest absolute Gasteiger partial charge is 0.208 e. The third-order valence-electron chi connectivity index (χ3n) is 3.86. The Bertz CT molecular complexity index is 1010. The molecule has 7 heteroatoms. The van der Waals surface area contributed by atoms with Crippen LogP contribution < -0.4 is 0 Å². The molecule has 0 saturated carbocycles. The summed E-state index contributed by atoms with van der Waals surface area (Å²) in [6.45, 7) is 0. The molecule has 0 N–H and O–H groups in total. The van der Waals surface area contributed by atoms with Gasteiger partial charge in [-0.05, 0) is 42.3 Å². The predicted octanol–water partition coefficient (Wildman–Crippen LogP) is 4.72. The van der Waals surface area contributed by atoms with Gasteiger partial charge in [-0.25, -0.2) is 17.2 Å². The quantitative estimate of drug-likeness (QED) is 0.589. The van der Waals surface area contributed by atoms with Gasteiger partial charge in [-0.1, -0.05) is 24.3 Å². The summed E-state index contributed by atoms with van der Waals surface area (Å²) in [4.78, 5) is 4.32. The number of hydrogen-bond acceptors (Lipinski definition) is 3. The minimum absolute atomic E-state index is 0.0456. The van der Waals surface area contributed by atoms with E-state index in [9.17, 15) is 17.2 Å². The maximum absolute atomic E-state index is 13.7. The van der Waals surface area contributed by atoms with Gasteiger partial charge in [0.2, 0.25) is 9.84 Å². The fourth-order valence-electron chi connectivity index (χ4n) is 2.46. The Morgan fingerprint density at radius 2 is 1.69 bits per heavy atom. The summed E-state index contributed by atoms with van der Waals surface area (Å²) in [6, 6.07) is 14.2. The standard InChI is InChI=1S/C19H14ClF2NO2S/c20-17(10-13-6-7-14(21)11-18(13)22)19-9-8-16(12-23-19)26(24,25)15-4-2-1-3-5-15/h1-9,11-12,17H,10H2. The fraction of sp³-hybridized carbons (Fsp3) is 0.105. The first-order valence-electron chi connectivity index (χ1n) is 7.72. The summed E-state index contributed by atoms with van der Waals surface area (Å²) in [5.74, 6) is -1.34. The largest absolute Gasteiger partial charge is 0.258 e. The highest BCUT2D eigenvalue weighted by atomic mass is 35.5. The number of aromatic nitrogens is 1. The minimum Gasteiger partial charge on any atom is -0.258 e. The van der Waals surface area contributed by atoms with E-state index in [1.165, 1.54) is 36.5 Å². The second-order valence-electron chi connectivity index (χ2n) is 5.64. The van der Waals surface area contributed by atoms with Crippen molar-refractivity contribution in [1.29, 1.82) is 0 Å². The van der Waals surface area contributed by atoms with Crippen molar-refractivity contribution in [2.75, 3.05) is 0 Å². The van der Waals surface area contributed by atoms with Gasteiger partial charge in [-0.3, -0.25) is 4.98 Å². The Labute approximate surface area is 155 Å². The van der Waals surface area contributed by atoms with Crippen molar-refractivity contribution in [1.82, 2.24) is 4.98 Å². The Morgan fingerprint density at radius 3 is 2.31 bits per heavy atom. The van der Waals surface area contributed by atoms with Gasteiger partial charge in [-0.15, -0.1) is 11.6 Å². The van der Waals surface area contributed by atoms with Crippen LogP contribution in [0.25, 0.3) is 0 Å². The summed E-state index contributed by atoms with van der Waals surface area (Å²) in [6.07, 6.45) is 1.33. The Morgan fingerprint density at radius 1 is 0.962 bits per heavy atom. The zero-order valence-corrected chi connectivity index (χ0v) is 15.0. The van der Waals surface area contributed by atoms with E-state index in [0.29, 0.717) is 5.69 Å². The summed E-state index contributed by atoms with van der Waals surface area (Å²) >= 11 is 6.26. The molecule has 0 spiro atoms. The molecule has 0 aliphatic carbocycles. The van der Waals surface area contributed by atoms with E-state index < -0.39 is 26.8 Å². The highest BCUT2D eigenvalue weighted by Gasteiger charge is 2.19. The fourth-order valence-corrected chi connectivity index (χ4v) is 3.98. The molecule has 3 rings (SSSR count). The van der Waals surface area contributed by atoms with Crippen molar-refractivity contribution < 1.29 is 17.2 Å². The van der Waals surface area contributed by atoms with Gasteiger partial charge in [0.1, 0.15) is 11.6 Å². The average molecular weight is 394 g/mol. The molecule has 3 nitrogen and oxygen atoms in total. The van der Waals surface area contributed by atoms with Gasteiger partial charge >= 0.3 is 0 Å². The molecule has 1 unspecified atom stereocenters. The number of hydrogen-bond donors (Lipinski definition) is 0. The monoisotopic (exact) mass is 393 g/mol. The lowest BCUT2D eigenvalue weighted by Crippen LogP contribution is -2.05. The molecule has 134 valence electrons. The van der Waals surface area contributed by atoms with Crippen molar-refractivity contribution in [3.63, 3.8) is 0 Å². The molecule has 0 saturated heterocycles. The highest BCUT2D eigenvalue weighted by molar-refractivity contribution is 7.91. The first kappa shape index (κ1) is 18.5. The maximum atomic E-state index is 13.7. The Kier molecular flexibility index (Phi) is 5.34. The van der Waals surface area contributed by atoms with E-state index in [1.807, 2.05) is 0 Å². The number of halogens is 3. The topological polar surface area (TPSA) is 47.0 Å². The molecule has 1 heterocycles. The first-order valence-corrected chi connectivity index (χ1v) is 9.64. The lowest BCUT2D eigenvalue weighted by Gasteiger charge is -2.11. The van der Waals surface area contributed by atoms with E-state index in [2.05, 4.69) is 4.98 Å². The van der Waals surface area contributed by atoms with Crippen LogP contribution in [-0.4, -0.2) is 13.4 Å². The number of rotatable bonds is 5. The molecule has 2 aromatic carbocycles. The molecule has 0 bridgehead atoms. The van der Waals surface area contributed by atoms with Gasteiger partial charge < -0.3 is 0 Å². The third kappa shape index (κ3) is 3.92. The SMILES string of the molecule is O=S(=O)(c1ccccc1)c1ccc(C(Cl)Cc2ccc(F)cc2F)nc1. The van der Waals surface area contributed by atoms with E-state index in [0.717, 1.165) is 12.1 Å². The number of pyridine rings is 1. The van der Waals surface area contributed by atoms with Crippen LogP contribution in [0.2, 0.25) is 0 Å². The molecule has 0 fully saturated rings. The van der Waals surface area contributed by atoms with E-state index in [-0.39, 0.29) is 21.8 Å². The van der Waals surface area contributed by atoms with Gasteiger partial charge in [-0.2, -0.15) is 0 Å². The molecule has 0 aliphatic rings. The van der Waals surface area contributed by atoms with Crippen molar-refractivity contribution in [3.8, 4) is 0 Å². The maximum Gasteiger partial charge on any atom is 0.208 e. The summed E-state index contributed by atoms with van der Waals surface area (Å²) in [5, 5.41) is -0.677. The van der Waals surface area contributed by atoms with Crippen LogP contribution in [0, 0.1) is 11.6 Å². The number of nitrogens with zero attached hydrogens (tertiary/aromatic N) is 1. The summed E-state index contributed by atoms with van der Waals surface area (Å²) < 4.78 is 51.7. The summed E-state index contributed by atoms with van der Waals surface area (Å²) in [5.41, 5.74) is 0.664. The molecular weight excluding hydrogens is 380 g/mol. The molecule has 1 atom stereocenters. The van der Waals surface area contributed by atoms with Crippen LogP contribution in [0.4, 0.5) is 8.78 Å². The molecule has 1 aromatic heterocycles.